The molecule has 0 aliphatic carbocycles. The van der Waals surface area contributed by atoms with E-state index in [-0.39, 0.29) is 5.91 Å². The van der Waals surface area contributed by atoms with Gasteiger partial charge >= 0.3 is 0 Å². The van der Waals surface area contributed by atoms with Gasteiger partial charge in [-0.15, -0.1) is 0 Å². The van der Waals surface area contributed by atoms with Crippen LogP contribution in [-0.4, -0.2) is 22.5 Å². The van der Waals surface area contributed by atoms with Gasteiger partial charge < -0.3 is 4.74 Å². The van der Waals surface area contributed by atoms with Crippen molar-refractivity contribution in [2.75, 3.05) is 11.9 Å². The van der Waals surface area contributed by atoms with Crippen molar-refractivity contribution in [3.05, 3.63) is 40.2 Å². The van der Waals surface area contributed by atoms with Gasteiger partial charge in [0, 0.05) is 24.4 Å². The first kappa shape index (κ1) is 13.2. The number of carbonyl (C=O) groups is 1. The summed E-state index contributed by atoms with van der Waals surface area (Å²) in [5.41, 5.74) is 2.64. The first-order valence-corrected chi connectivity index (χ1v) is 7.40. The molecule has 0 saturated heterocycles. The Balaban J connectivity index is 1.80. The van der Waals surface area contributed by atoms with Crippen molar-refractivity contribution in [1.29, 1.82) is 0 Å². The number of rotatable bonds is 3. The average Bonchev–Trinajstić information content (AvgIpc) is 2.89. The Hall–Kier alpha value is -1.79. The standard InChI is InChI=1S/C14H15N3O2S/c1-2-9-7-15-5-3-10(9)13(18)17-14-16-11-4-6-19-8-12(11)20-14/h3,5,7H,2,4,6,8H2,1H3,(H,16,17,18). The molecule has 1 aliphatic heterocycles. The number of thiazole rings is 1. The molecular weight excluding hydrogens is 274 g/mol. The van der Waals surface area contributed by atoms with Gasteiger partial charge in [0.1, 0.15) is 0 Å². The highest BCUT2D eigenvalue weighted by Gasteiger charge is 2.18. The molecule has 0 saturated carbocycles. The fraction of sp³-hybridized carbons (Fsp3) is 0.357. The Bertz CT molecular complexity index is 616. The molecule has 6 heteroatoms. The summed E-state index contributed by atoms with van der Waals surface area (Å²) in [5.74, 6) is -0.128. The summed E-state index contributed by atoms with van der Waals surface area (Å²) in [6.45, 7) is 3.31. The largest absolute Gasteiger partial charge is 0.375 e. The monoisotopic (exact) mass is 289 g/mol. The molecule has 0 radical (unpaired) electrons. The third kappa shape index (κ3) is 2.57. The number of nitrogens with zero attached hydrogens (tertiary/aromatic N) is 2. The molecule has 0 spiro atoms. The van der Waals surface area contributed by atoms with Crippen LogP contribution in [0.2, 0.25) is 0 Å². The molecule has 3 heterocycles. The molecule has 1 amide bonds. The van der Waals surface area contributed by atoms with Crippen molar-refractivity contribution in [3.8, 4) is 0 Å². The minimum Gasteiger partial charge on any atom is -0.375 e. The van der Waals surface area contributed by atoms with E-state index in [1.807, 2.05) is 6.92 Å². The highest BCUT2D eigenvalue weighted by atomic mass is 32.1. The Morgan fingerprint density at radius 2 is 2.45 bits per heavy atom. The van der Waals surface area contributed by atoms with E-state index in [4.69, 9.17) is 4.74 Å². The van der Waals surface area contributed by atoms with Gasteiger partial charge in [-0.2, -0.15) is 0 Å². The number of hydrogen-bond donors (Lipinski definition) is 1. The second kappa shape index (κ2) is 5.68. The number of nitrogens with one attached hydrogen (secondary N) is 1. The number of ether oxygens (including phenoxy) is 1. The predicted octanol–water partition coefficient (Wildman–Crippen LogP) is 2.43. The number of pyridine rings is 1. The van der Waals surface area contributed by atoms with Crippen LogP contribution in [-0.2, 0) is 24.2 Å². The molecule has 0 unspecified atom stereocenters. The zero-order chi connectivity index (χ0) is 13.9. The van der Waals surface area contributed by atoms with Crippen molar-refractivity contribution in [2.24, 2.45) is 0 Å². The summed E-state index contributed by atoms with van der Waals surface area (Å²) in [7, 11) is 0. The minimum atomic E-state index is -0.128. The maximum atomic E-state index is 12.3. The van der Waals surface area contributed by atoms with E-state index in [2.05, 4.69) is 15.3 Å². The maximum Gasteiger partial charge on any atom is 0.257 e. The van der Waals surface area contributed by atoms with Crippen molar-refractivity contribution in [2.45, 2.75) is 26.4 Å². The molecular formula is C14H15N3O2S. The van der Waals surface area contributed by atoms with Crippen LogP contribution in [0.3, 0.4) is 0 Å². The quantitative estimate of drug-likeness (QED) is 0.942. The van der Waals surface area contributed by atoms with Gasteiger partial charge in [0.15, 0.2) is 5.13 Å². The maximum absolute atomic E-state index is 12.3. The second-order valence-corrected chi connectivity index (χ2v) is 5.62. The molecule has 5 nitrogen and oxygen atoms in total. The molecule has 2 aromatic heterocycles. The Morgan fingerprint density at radius 1 is 1.55 bits per heavy atom. The summed E-state index contributed by atoms with van der Waals surface area (Å²) in [5, 5.41) is 3.52. The number of aromatic nitrogens is 2. The molecule has 2 aromatic rings. The number of fused-ring (bicyclic) bond motifs is 1. The van der Waals surface area contributed by atoms with E-state index in [9.17, 15) is 4.79 Å². The molecule has 3 rings (SSSR count). The van der Waals surface area contributed by atoms with E-state index in [0.29, 0.717) is 23.9 Å². The lowest BCUT2D eigenvalue weighted by Gasteiger charge is -2.08. The van der Waals surface area contributed by atoms with Gasteiger partial charge in [0.05, 0.1) is 23.8 Å². The Kier molecular flexibility index (Phi) is 3.75. The van der Waals surface area contributed by atoms with E-state index < -0.39 is 0 Å². The molecule has 0 atom stereocenters. The molecule has 20 heavy (non-hydrogen) atoms. The van der Waals surface area contributed by atoms with Crippen molar-refractivity contribution in [3.63, 3.8) is 0 Å². The summed E-state index contributed by atoms with van der Waals surface area (Å²) >= 11 is 1.49. The highest BCUT2D eigenvalue weighted by molar-refractivity contribution is 7.15. The third-order valence-corrected chi connectivity index (χ3v) is 4.23. The van der Waals surface area contributed by atoms with Crippen molar-refractivity contribution in [1.82, 2.24) is 9.97 Å². The van der Waals surface area contributed by atoms with E-state index in [1.54, 1.807) is 18.5 Å². The van der Waals surface area contributed by atoms with Crippen LogP contribution < -0.4 is 5.32 Å². The molecule has 0 bridgehead atoms. The zero-order valence-electron chi connectivity index (χ0n) is 11.2. The summed E-state index contributed by atoms with van der Waals surface area (Å²) < 4.78 is 5.38. The summed E-state index contributed by atoms with van der Waals surface area (Å²) in [6, 6.07) is 1.74. The van der Waals surface area contributed by atoms with E-state index in [1.165, 1.54) is 11.3 Å². The van der Waals surface area contributed by atoms with Crippen LogP contribution in [0.4, 0.5) is 5.13 Å². The normalized spacial score (nSPS) is 13.8. The number of anilines is 1. The highest BCUT2D eigenvalue weighted by Crippen LogP contribution is 2.27. The van der Waals surface area contributed by atoms with Crippen molar-refractivity contribution < 1.29 is 9.53 Å². The molecule has 1 N–H and O–H groups in total. The Labute approximate surface area is 121 Å². The molecule has 104 valence electrons. The van der Waals surface area contributed by atoms with Crippen LogP contribution in [0.15, 0.2) is 18.5 Å². The van der Waals surface area contributed by atoms with Gasteiger partial charge in [0.2, 0.25) is 0 Å². The zero-order valence-corrected chi connectivity index (χ0v) is 12.0. The Morgan fingerprint density at radius 3 is 3.25 bits per heavy atom. The molecule has 1 aliphatic rings. The SMILES string of the molecule is CCc1cnccc1C(=O)Nc1nc2c(s1)COCC2. The summed E-state index contributed by atoms with van der Waals surface area (Å²) in [6.07, 6.45) is 4.96. The van der Waals surface area contributed by atoms with Crippen LogP contribution in [0.25, 0.3) is 0 Å². The smallest absolute Gasteiger partial charge is 0.257 e. The van der Waals surface area contributed by atoms with Gasteiger partial charge in [-0.05, 0) is 18.1 Å². The first-order valence-electron chi connectivity index (χ1n) is 6.58. The van der Waals surface area contributed by atoms with Crippen LogP contribution in [0.5, 0.6) is 0 Å². The van der Waals surface area contributed by atoms with Crippen LogP contribution >= 0.6 is 11.3 Å². The van der Waals surface area contributed by atoms with Gasteiger partial charge in [-0.1, -0.05) is 18.3 Å². The fourth-order valence-corrected chi connectivity index (χ4v) is 3.11. The van der Waals surface area contributed by atoms with Gasteiger partial charge in [-0.25, -0.2) is 4.98 Å². The first-order chi connectivity index (χ1) is 9.78. The van der Waals surface area contributed by atoms with E-state index in [0.717, 1.165) is 29.0 Å². The fourth-order valence-electron chi connectivity index (χ4n) is 2.17. The topological polar surface area (TPSA) is 64.1 Å². The van der Waals surface area contributed by atoms with Crippen LogP contribution in [0.1, 0.15) is 33.4 Å². The van der Waals surface area contributed by atoms with Crippen LogP contribution in [0, 0.1) is 0 Å². The lowest BCUT2D eigenvalue weighted by atomic mass is 10.1. The molecule has 0 fully saturated rings. The minimum absolute atomic E-state index is 0.128. The number of aryl methyl sites for hydroxylation is 1. The van der Waals surface area contributed by atoms with E-state index >= 15 is 0 Å². The second-order valence-electron chi connectivity index (χ2n) is 4.53. The lowest BCUT2D eigenvalue weighted by molar-refractivity contribution is 0.102. The lowest BCUT2D eigenvalue weighted by Crippen LogP contribution is -2.14. The number of hydrogen-bond acceptors (Lipinski definition) is 5. The van der Waals surface area contributed by atoms with Crippen molar-refractivity contribution >= 4 is 22.4 Å². The average molecular weight is 289 g/mol. The number of amides is 1. The molecule has 0 aromatic carbocycles. The van der Waals surface area contributed by atoms with Gasteiger partial charge in [-0.3, -0.25) is 15.1 Å². The number of carbonyl (C=O) groups excluding carboxylic acids is 1. The summed E-state index contributed by atoms with van der Waals surface area (Å²) in [4.78, 5) is 21.9. The predicted molar refractivity (Wildman–Crippen MR) is 77.0 cm³/mol. The van der Waals surface area contributed by atoms with Gasteiger partial charge in [0.25, 0.3) is 5.91 Å². The third-order valence-electron chi connectivity index (χ3n) is 3.24.